The zero-order chi connectivity index (χ0) is 17.0. The van der Waals surface area contributed by atoms with Crippen molar-refractivity contribution in [2.45, 2.75) is 57.7 Å². The average Bonchev–Trinajstić information content (AvgIpc) is 2.40. The van der Waals surface area contributed by atoms with Crippen LogP contribution in [0.5, 0.6) is 0 Å². The number of nitrogens with one attached hydrogen (secondary N) is 1. The number of hydrogen-bond donors (Lipinski definition) is 2. The van der Waals surface area contributed by atoms with Crippen molar-refractivity contribution in [3.05, 3.63) is 25.1 Å². The minimum atomic E-state index is -0.645. The number of alkyl carbamates (subject to hydrolysis) is 1. The Morgan fingerprint density at radius 2 is 1.82 bits per heavy atom. The van der Waals surface area contributed by atoms with Crippen LogP contribution < -0.4 is 5.32 Å². The highest BCUT2D eigenvalue weighted by molar-refractivity contribution is 5.81. The van der Waals surface area contributed by atoms with E-state index in [1.165, 1.54) is 11.3 Å². The van der Waals surface area contributed by atoms with E-state index in [4.69, 9.17) is 4.74 Å². The first-order valence-electron chi connectivity index (χ1n) is 7.03. The summed E-state index contributed by atoms with van der Waals surface area (Å²) >= 11 is 0. The summed E-state index contributed by atoms with van der Waals surface area (Å²) in [5, 5.41) is 13.8. The van der Waals surface area contributed by atoms with Crippen molar-refractivity contribution in [2.75, 3.05) is 0 Å². The first-order valence-corrected chi connectivity index (χ1v) is 7.03. The van der Waals surface area contributed by atoms with E-state index in [2.05, 4.69) is 16.6 Å². The van der Waals surface area contributed by atoms with Gasteiger partial charge in [0.25, 0.3) is 0 Å². The number of piperidine rings is 1. The lowest BCUT2D eigenvalue weighted by atomic mass is 9.80. The minimum Gasteiger partial charge on any atom is -0.446 e. The second-order valence-corrected chi connectivity index (χ2v) is 6.46. The molecule has 7 nitrogen and oxygen atoms in total. The monoisotopic (exact) mass is 312 g/mol. The summed E-state index contributed by atoms with van der Waals surface area (Å²) in [5.74, 6) is -0.620. The summed E-state index contributed by atoms with van der Waals surface area (Å²) in [6, 6.07) is 0. The molecular formula is C15H24N2O5. The molecule has 1 aliphatic heterocycles. The average molecular weight is 312 g/mol. The second kappa shape index (κ2) is 6.93. The van der Waals surface area contributed by atoms with Crippen LogP contribution in [-0.4, -0.2) is 39.5 Å². The molecule has 0 aromatic heterocycles. The van der Waals surface area contributed by atoms with Crippen LogP contribution in [-0.2, 0) is 14.3 Å². The highest BCUT2D eigenvalue weighted by atomic mass is 16.6. The van der Waals surface area contributed by atoms with Gasteiger partial charge in [-0.1, -0.05) is 6.58 Å². The molecule has 124 valence electrons. The van der Waals surface area contributed by atoms with E-state index in [1.807, 2.05) is 27.7 Å². The molecule has 1 fully saturated rings. The van der Waals surface area contributed by atoms with Crippen LogP contribution in [0.2, 0.25) is 0 Å². The molecule has 0 unspecified atom stereocenters. The molecule has 1 aliphatic rings. The fraction of sp³-hybridized carbons (Fsp3) is 0.600. The van der Waals surface area contributed by atoms with Gasteiger partial charge in [0.2, 0.25) is 0 Å². The molecule has 0 radical (unpaired) electrons. The molecule has 7 heteroatoms. The van der Waals surface area contributed by atoms with Crippen LogP contribution in [0.15, 0.2) is 25.1 Å². The van der Waals surface area contributed by atoms with E-state index in [-0.39, 0.29) is 6.10 Å². The van der Waals surface area contributed by atoms with Gasteiger partial charge in [-0.2, -0.15) is 5.06 Å². The molecule has 0 aliphatic carbocycles. The molecule has 0 spiro atoms. The Morgan fingerprint density at radius 1 is 1.27 bits per heavy atom. The standard InChI is InChI=1S/C15H24N2O5/c1-6-12(18)21-8-7-16-13(19)22-11-9-14(2,3)17(20)15(4,5)10-11/h6-8,11,20H,1,9-10H2,2-5H3,(H,16,19)/b8-7+. The van der Waals surface area contributed by atoms with Crippen LogP contribution in [0.4, 0.5) is 4.79 Å². The molecule has 1 heterocycles. The number of nitrogens with zero attached hydrogens (tertiary/aromatic N) is 1. The van der Waals surface area contributed by atoms with Crippen LogP contribution in [0.1, 0.15) is 40.5 Å². The molecule has 22 heavy (non-hydrogen) atoms. The third-order valence-corrected chi connectivity index (χ3v) is 3.49. The number of hydroxylamine groups is 2. The number of hydrogen-bond acceptors (Lipinski definition) is 6. The third-order valence-electron chi connectivity index (χ3n) is 3.49. The van der Waals surface area contributed by atoms with Crippen LogP contribution in [0.25, 0.3) is 0 Å². The van der Waals surface area contributed by atoms with Crippen molar-refractivity contribution in [3.63, 3.8) is 0 Å². The normalized spacial score (nSPS) is 21.3. The van der Waals surface area contributed by atoms with E-state index in [9.17, 15) is 14.8 Å². The topological polar surface area (TPSA) is 88.1 Å². The molecule has 0 aromatic carbocycles. The van der Waals surface area contributed by atoms with Gasteiger partial charge in [-0.3, -0.25) is 5.32 Å². The SMILES string of the molecule is C=CC(=O)O/C=C/NC(=O)OC1CC(C)(C)N(O)C(C)(C)C1. The number of rotatable bonds is 4. The van der Waals surface area contributed by atoms with E-state index in [1.54, 1.807) is 0 Å². The zero-order valence-electron chi connectivity index (χ0n) is 13.5. The van der Waals surface area contributed by atoms with E-state index in [0.29, 0.717) is 12.8 Å². The minimum absolute atomic E-state index is 0.322. The Hall–Kier alpha value is -1.86. The van der Waals surface area contributed by atoms with Crippen molar-refractivity contribution in [3.8, 4) is 0 Å². The van der Waals surface area contributed by atoms with E-state index < -0.39 is 23.1 Å². The lowest BCUT2D eigenvalue weighted by Crippen LogP contribution is -2.60. The Labute approximate surface area is 130 Å². The smallest absolute Gasteiger partial charge is 0.411 e. The van der Waals surface area contributed by atoms with Crippen LogP contribution in [0.3, 0.4) is 0 Å². The maximum Gasteiger partial charge on any atom is 0.411 e. The van der Waals surface area contributed by atoms with Crippen molar-refractivity contribution in [1.29, 1.82) is 0 Å². The lowest BCUT2D eigenvalue weighted by Gasteiger charge is -2.50. The van der Waals surface area contributed by atoms with Crippen LogP contribution >= 0.6 is 0 Å². The quantitative estimate of drug-likeness (QED) is 0.470. The maximum absolute atomic E-state index is 11.7. The zero-order valence-corrected chi connectivity index (χ0v) is 13.5. The van der Waals surface area contributed by atoms with Crippen molar-refractivity contribution in [1.82, 2.24) is 10.4 Å². The summed E-state index contributed by atoms with van der Waals surface area (Å²) in [6.07, 6.45) is 3.27. The van der Waals surface area contributed by atoms with Gasteiger partial charge >= 0.3 is 12.1 Å². The van der Waals surface area contributed by atoms with Gasteiger partial charge in [-0.25, -0.2) is 9.59 Å². The number of esters is 1. The van der Waals surface area contributed by atoms with Crippen LogP contribution in [0, 0.1) is 0 Å². The molecule has 2 N–H and O–H groups in total. The lowest BCUT2D eigenvalue weighted by molar-refractivity contribution is -0.256. The highest BCUT2D eigenvalue weighted by Gasteiger charge is 2.46. The molecule has 1 amide bonds. The van der Waals surface area contributed by atoms with E-state index in [0.717, 1.165) is 12.3 Å². The van der Waals surface area contributed by atoms with Crippen molar-refractivity contribution in [2.24, 2.45) is 0 Å². The summed E-state index contributed by atoms with van der Waals surface area (Å²) in [7, 11) is 0. The van der Waals surface area contributed by atoms with Gasteiger partial charge < -0.3 is 14.7 Å². The molecule has 1 saturated heterocycles. The van der Waals surface area contributed by atoms with Crippen molar-refractivity contribution < 1.29 is 24.3 Å². The molecule has 1 rings (SSSR count). The first-order chi connectivity index (χ1) is 10.1. The summed E-state index contributed by atoms with van der Waals surface area (Å²) < 4.78 is 9.91. The van der Waals surface area contributed by atoms with Gasteiger partial charge in [0.1, 0.15) is 12.4 Å². The Balaban J connectivity index is 2.51. The summed E-state index contributed by atoms with van der Waals surface area (Å²) in [6.45, 7) is 10.8. The molecular weight excluding hydrogens is 288 g/mol. The number of carbonyl (C=O) groups is 2. The van der Waals surface area contributed by atoms with Gasteiger partial charge in [-0.15, -0.1) is 0 Å². The van der Waals surface area contributed by atoms with E-state index >= 15 is 0 Å². The second-order valence-electron chi connectivity index (χ2n) is 6.46. The fourth-order valence-corrected chi connectivity index (χ4v) is 2.70. The largest absolute Gasteiger partial charge is 0.446 e. The Morgan fingerprint density at radius 3 is 2.32 bits per heavy atom. The van der Waals surface area contributed by atoms with Gasteiger partial charge in [0, 0.05) is 36.2 Å². The molecule has 0 bridgehead atoms. The highest BCUT2D eigenvalue weighted by Crippen LogP contribution is 2.37. The summed E-state index contributed by atoms with van der Waals surface area (Å²) in [4.78, 5) is 22.5. The van der Waals surface area contributed by atoms with Gasteiger partial charge in [-0.05, 0) is 27.7 Å². The molecule has 0 atom stereocenters. The first kappa shape index (κ1) is 18.2. The molecule has 0 saturated carbocycles. The van der Waals surface area contributed by atoms with Crippen molar-refractivity contribution >= 4 is 12.1 Å². The predicted octanol–water partition coefficient (Wildman–Crippen LogP) is 2.32. The molecule has 0 aromatic rings. The Kier molecular flexibility index (Phi) is 5.73. The Bertz CT molecular complexity index is 453. The fourth-order valence-electron chi connectivity index (χ4n) is 2.70. The van der Waals surface area contributed by atoms with Gasteiger partial charge in [0.05, 0.1) is 0 Å². The number of carbonyl (C=O) groups excluding carboxylic acids is 2. The third kappa shape index (κ3) is 4.85. The number of amides is 1. The summed E-state index contributed by atoms with van der Waals surface area (Å²) in [5.41, 5.74) is -0.996. The maximum atomic E-state index is 11.7. The van der Waals surface area contributed by atoms with Gasteiger partial charge in [0.15, 0.2) is 0 Å². The number of ether oxygens (including phenoxy) is 2. The predicted molar refractivity (Wildman–Crippen MR) is 79.9 cm³/mol.